The maximum atomic E-state index is 13.5. The maximum Gasteiger partial charge on any atom is 0.201 e. The van der Waals surface area contributed by atoms with Crippen LogP contribution in [0.4, 0.5) is 10.3 Å². The highest BCUT2D eigenvalue weighted by atomic mass is 35.5. The molecule has 18 heavy (non-hydrogen) atoms. The summed E-state index contributed by atoms with van der Waals surface area (Å²) in [6, 6.07) is 3.10. The van der Waals surface area contributed by atoms with Gasteiger partial charge >= 0.3 is 0 Å². The van der Waals surface area contributed by atoms with E-state index in [0.717, 1.165) is 12.2 Å². The van der Waals surface area contributed by atoms with Crippen molar-refractivity contribution in [1.29, 1.82) is 0 Å². The first-order valence-electron chi connectivity index (χ1n) is 5.66. The van der Waals surface area contributed by atoms with Gasteiger partial charge in [-0.25, -0.2) is 9.37 Å². The lowest BCUT2D eigenvalue weighted by Gasteiger charge is -2.15. The second-order valence-electron chi connectivity index (χ2n) is 4.23. The standard InChI is InChI=1S/C12H15ClFN3S/c1-7(3-4-18-2)17-11-6-9(14)8(13)5-10(11)16-12(17)15/h5-7H,3-4H2,1-2H3,(H2,15,16). The van der Waals surface area contributed by atoms with Crippen molar-refractivity contribution in [3.63, 3.8) is 0 Å². The number of imidazole rings is 1. The summed E-state index contributed by atoms with van der Waals surface area (Å²) in [6.45, 7) is 2.06. The molecule has 0 aliphatic heterocycles. The largest absolute Gasteiger partial charge is 0.369 e. The molecule has 0 saturated carbocycles. The molecule has 2 N–H and O–H groups in total. The van der Waals surface area contributed by atoms with Gasteiger partial charge in [0.1, 0.15) is 5.82 Å². The summed E-state index contributed by atoms with van der Waals surface area (Å²) in [5.41, 5.74) is 7.24. The average molecular weight is 288 g/mol. The Morgan fingerprint density at radius 1 is 1.56 bits per heavy atom. The van der Waals surface area contributed by atoms with Crippen LogP contribution in [0.2, 0.25) is 5.02 Å². The quantitative estimate of drug-likeness (QED) is 0.932. The Balaban J connectivity index is 2.49. The average Bonchev–Trinajstić information content (AvgIpc) is 2.62. The SMILES string of the molecule is CSCCC(C)n1c(N)nc2cc(Cl)c(F)cc21. The highest BCUT2D eigenvalue weighted by Gasteiger charge is 2.15. The van der Waals surface area contributed by atoms with Crippen molar-refractivity contribution in [2.45, 2.75) is 19.4 Å². The molecule has 0 saturated heterocycles. The summed E-state index contributed by atoms with van der Waals surface area (Å²) in [6.07, 6.45) is 3.02. The number of hydrogen-bond acceptors (Lipinski definition) is 3. The Morgan fingerprint density at radius 3 is 2.94 bits per heavy atom. The van der Waals surface area contributed by atoms with Crippen LogP contribution in [0.25, 0.3) is 11.0 Å². The number of nitrogens with zero attached hydrogens (tertiary/aromatic N) is 2. The van der Waals surface area contributed by atoms with Gasteiger partial charge in [-0.15, -0.1) is 0 Å². The molecule has 1 aromatic carbocycles. The Kier molecular flexibility index (Phi) is 4.02. The van der Waals surface area contributed by atoms with E-state index in [1.54, 1.807) is 11.8 Å². The normalized spacial score (nSPS) is 13.1. The third kappa shape index (κ3) is 2.42. The summed E-state index contributed by atoms with van der Waals surface area (Å²) in [5, 5.41) is 0.0731. The third-order valence-electron chi connectivity index (χ3n) is 2.94. The molecule has 98 valence electrons. The van der Waals surface area contributed by atoms with Crippen molar-refractivity contribution < 1.29 is 4.39 Å². The van der Waals surface area contributed by atoms with Crippen molar-refractivity contribution >= 4 is 40.3 Å². The number of thioether (sulfide) groups is 1. The summed E-state index contributed by atoms with van der Waals surface area (Å²) in [7, 11) is 0. The number of benzene rings is 1. The van der Waals surface area contributed by atoms with E-state index >= 15 is 0 Å². The van der Waals surface area contributed by atoms with E-state index in [4.69, 9.17) is 17.3 Å². The van der Waals surface area contributed by atoms with E-state index in [1.165, 1.54) is 12.1 Å². The number of anilines is 1. The molecule has 0 fully saturated rings. The number of hydrogen-bond donors (Lipinski definition) is 1. The van der Waals surface area contributed by atoms with Crippen LogP contribution in [0.5, 0.6) is 0 Å². The van der Waals surface area contributed by atoms with Crippen LogP contribution in [0, 0.1) is 5.82 Å². The molecule has 1 heterocycles. The number of halogens is 2. The first-order chi connectivity index (χ1) is 8.54. The lowest BCUT2D eigenvalue weighted by Crippen LogP contribution is -2.09. The second-order valence-corrected chi connectivity index (χ2v) is 5.62. The fraction of sp³-hybridized carbons (Fsp3) is 0.417. The lowest BCUT2D eigenvalue weighted by molar-refractivity contribution is 0.554. The first-order valence-corrected chi connectivity index (χ1v) is 7.43. The van der Waals surface area contributed by atoms with Gasteiger partial charge in [0.2, 0.25) is 5.95 Å². The van der Waals surface area contributed by atoms with Crippen LogP contribution in [-0.4, -0.2) is 21.6 Å². The minimum absolute atomic E-state index is 0.0731. The van der Waals surface area contributed by atoms with Gasteiger partial charge in [-0.1, -0.05) is 11.6 Å². The van der Waals surface area contributed by atoms with Crippen molar-refractivity contribution in [2.24, 2.45) is 0 Å². The van der Waals surface area contributed by atoms with Crippen molar-refractivity contribution in [3.05, 3.63) is 23.0 Å². The maximum absolute atomic E-state index is 13.5. The molecule has 1 aromatic heterocycles. The number of aromatic nitrogens is 2. The van der Waals surface area contributed by atoms with Crippen LogP contribution in [-0.2, 0) is 0 Å². The molecule has 0 amide bonds. The van der Waals surface area contributed by atoms with E-state index in [1.807, 2.05) is 4.57 Å². The van der Waals surface area contributed by atoms with Crippen molar-refractivity contribution in [2.75, 3.05) is 17.7 Å². The van der Waals surface area contributed by atoms with Gasteiger partial charge in [-0.2, -0.15) is 11.8 Å². The zero-order valence-corrected chi connectivity index (χ0v) is 11.9. The van der Waals surface area contributed by atoms with E-state index < -0.39 is 5.82 Å². The minimum Gasteiger partial charge on any atom is -0.369 e. The molecular formula is C12H15ClFN3S. The Hall–Kier alpha value is -0.940. The smallest absolute Gasteiger partial charge is 0.201 e. The van der Waals surface area contributed by atoms with Crippen LogP contribution in [0.1, 0.15) is 19.4 Å². The first kappa shape index (κ1) is 13.5. The van der Waals surface area contributed by atoms with Gasteiger partial charge < -0.3 is 10.3 Å². The molecule has 0 aliphatic rings. The molecule has 6 heteroatoms. The van der Waals surface area contributed by atoms with E-state index in [2.05, 4.69) is 18.2 Å². The number of nitrogens with two attached hydrogens (primary N) is 1. The molecule has 2 rings (SSSR count). The molecule has 0 radical (unpaired) electrons. The van der Waals surface area contributed by atoms with Gasteiger partial charge in [-0.05, 0) is 31.4 Å². The second kappa shape index (κ2) is 5.36. The fourth-order valence-electron chi connectivity index (χ4n) is 1.99. The molecule has 0 spiro atoms. The highest BCUT2D eigenvalue weighted by Crippen LogP contribution is 2.28. The minimum atomic E-state index is -0.442. The predicted octanol–water partition coefficient (Wildman–Crippen LogP) is 3.73. The van der Waals surface area contributed by atoms with E-state index in [0.29, 0.717) is 17.0 Å². The molecule has 3 nitrogen and oxygen atoms in total. The third-order valence-corrected chi connectivity index (χ3v) is 3.87. The van der Waals surface area contributed by atoms with Crippen LogP contribution in [0.15, 0.2) is 12.1 Å². The zero-order chi connectivity index (χ0) is 13.3. The van der Waals surface area contributed by atoms with Crippen molar-refractivity contribution in [3.8, 4) is 0 Å². The number of nitrogen functional groups attached to an aromatic ring is 1. The molecule has 2 aromatic rings. The summed E-state index contributed by atoms with van der Waals surface area (Å²) in [4.78, 5) is 4.23. The van der Waals surface area contributed by atoms with Gasteiger partial charge in [-0.3, -0.25) is 0 Å². The highest BCUT2D eigenvalue weighted by molar-refractivity contribution is 7.98. The Morgan fingerprint density at radius 2 is 2.28 bits per heavy atom. The van der Waals surface area contributed by atoms with Gasteiger partial charge in [0.15, 0.2) is 0 Å². The number of fused-ring (bicyclic) bond motifs is 1. The molecule has 0 bridgehead atoms. The molecule has 0 aliphatic carbocycles. The summed E-state index contributed by atoms with van der Waals surface area (Å²) >= 11 is 7.52. The van der Waals surface area contributed by atoms with Crippen LogP contribution in [0.3, 0.4) is 0 Å². The van der Waals surface area contributed by atoms with E-state index in [-0.39, 0.29) is 11.1 Å². The number of rotatable bonds is 4. The topological polar surface area (TPSA) is 43.8 Å². The monoisotopic (exact) mass is 287 g/mol. The summed E-state index contributed by atoms with van der Waals surface area (Å²) in [5.74, 6) is 0.985. The molecule has 1 unspecified atom stereocenters. The Bertz CT molecular complexity index is 570. The van der Waals surface area contributed by atoms with Crippen molar-refractivity contribution in [1.82, 2.24) is 9.55 Å². The zero-order valence-electron chi connectivity index (χ0n) is 10.3. The van der Waals surface area contributed by atoms with Gasteiger partial charge in [0.05, 0.1) is 16.1 Å². The van der Waals surface area contributed by atoms with E-state index in [9.17, 15) is 4.39 Å². The van der Waals surface area contributed by atoms with Gasteiger partial charge in [0.25, 0.3) is 0 Å². The fourth-order valence-corrected chi connectivity index (χ4v) is 2.72. The molecular weight excluding hydrogens is 273 g/mol. The van der Waals surface area contributed by atoms with Crippen LogP contribution < -0.4 is 5.73 Å². The summed E-state index contributed by atoms with van der Waals surface area (Å²) < 4.78 is 15.4. The molecule has 1 atom stereocenters. The predicted molar refractivity (Wildman–Crippen MR) is 76.8 cm³/mol. The van der Waals surface area contributed by atoms with Crippen LogP contribution >= 0.6 is 23.4 Å². The Labute approximate surface area is 115 Å². The lowest BCUT2D eigenvalue weighted by atomic mass is 10.2. The van der Waals surface area contributed by atoms with Gasteiger partial charge in [0, 0.05) is 12.1 Å².